The smallest absolute Gasteiger partial charge is 0.258 e. The van der Waals surface area contributed by atoms with Gasteiger partial charge in [-0.05, 0) is 24.6 Å². The van der Waals surface area contributed by atoms with Gasteiger partial charge in [0.1, 0.15) is 5.75 Å². The van der Waals surface area contributed by atoms with E-state index in [0.29, 0.717) is 12.2 Å². The van der Waals surface area contributed by atoms with Gasteiger partial charge in [0.05, 0.1) is 11.5 Å². The molecule has 0 unspecified atom stereocenters. The molecule has 2 rings (SSSR count). The molecular weight excluding hydrogens is 296 g/mol. The van der Waals surface area contributed by atoms with Crippen LogP contribution in [0.2, 0.25) is 0 Å². The minimum absolute atomic E-state index is 0.0318. The summed E-state index contributed by atoms with van der Waals surface area (Å²) in [5.74, 6) is -0.571. The van der Waals surface area contributed by atoms with E-state index in [1.165, 1.54) is 6.07 Å². The van der Waals surface area contributed by atoms with Crippen LogP contribution in [0.3, 0.4) is 0 Å². The summed E-state index contributed by atoms with van der Waals surface area (Å²) in [5.41, 5.74) is 5.43. The molecule has 1 heterocycles. The summed E-state index contributed by atoms with van der Waals surface area (Å²) >= 11 is 0. The molecule has 21 heavy (non-hydrogen) atoms. The molecule has 1 aromatic carbocycles. The van der Waals surface area contributed by atoms with Crippen LogP contribution in [0.1, 0.15) is 16.8 Å². The van der Waals surface area contributed by atoms with Gasteiger partial charge in [-0.15, -0.1) is 0 Å². The third-order valence-corrected chi connectivity index (χ3v) is 4.85. The number of rotatable bonds is 5. The van der Waals surface area contributed by atoms with Crippen molar-refractivity contribution in [3.8, 4) is 5.75 Å². The number of hydrogen-bond donors (Lipinski definition) is 2. The van der Waals surface area contributed by atoms with Crippen molar-refractivity contribution in [1.82, 2.24) is 5.32 Å². The van der Waals surface area contributed by atoms with Gasteiger partial charge in [0.25, 0.3) is 5.91 Å². The molecule has 0 spiro atoms. The second-order valence-electron chi connectivity index (χ2n) is 4.85. The van der Waals surface area contributed by atoms with Crippen molar-refractivity contribution in [2.24, 2.45) is 5.73 Å². The van der Waals surface area contributed by atoms with Crippen LogP contribution in [0.4, 0.5) is 0 Å². The van der Waals surface area contributed by atoms with Gasteiger partial charge in [-0.3, -0.25) is 9.59 Å². The van der Waals surface area contributed by atoms with Crippen LogP contribution in [0.15, 0.2) is 24.3 Å². The zero-order valence-corrected chi connectivity index (χ0v) is 12.1. The zero-order chi connectivity index (χ0) is 15.5. The Hall–Kier alpha value is -2.09. The van der Waals surface area contributed by atoms with Gasteiger partial charge >= 0.3 is 0 Å². The molecule has 7 nitrogen and oxygen atoms in total. The predicted molar refractivity (Wildman–Crippen MR) is 75.7 cm³/mol. The normalized spacial score (nSPS) is 19.9. The lowest BCUT2D eigenvalue weighted by atomic mass is 10.2. The fraction of sp³-hybridized carbons (Fsp3) is 0.385. The topological polar surface area (TPSA) is 116 Å². The van der Waals surface area contributed by atoms with Gasteiger partial charge < -0.3 is 15.8 Å². The Morgan fingerprint density at radius 1 is 1.38 bits per heavy atom. The largest absolute Gasteiger partial charge is 0.484 e. The van der Waals surface area contributed by atoms with Gasteiger partial charge in [-0.25, -0.2) is 8.42 Å². The molecule has 1 saturated heterocycles. The number of nitrogens with two attached hydrogens (primary N) is 1. The van der Waals surface area contributed by atoms with E-state index in [9.17, 15) is 18.0 Å². The number of ether oxygens (including phenoxy) is 1. The van der Waals surface area contributed by atoms with Crippen LogP contribution in [-0.4, -0.2) is 44.4 Å². The van der Waals surface area contributed by atoms with Crippen LogP contribution in [0.25, 0.3) is 0 Å². The van der Waals surface area contributed by atoms with E-state index in [2.05, 4.69) is 5.32 Å². The Morgan fingerprint density at radius 3 is 2.76 bits per heavy atom. The molecule has 8 heteroatoms. The molecule has 1 fully saturated rings. The van der Waals surface area contributed by atoms with Gasteiger partial charge in [0.15, 0.2) is 16.4 Å². The maximum absolute atomic E-state index is 11.7. The van der Waals surface area contributed by atoms with Crippen molar-refractivity contribution in [2.75, 3.05) is 18.1 Å². The van der Waals surface area contributed by atoms with Crippen LogP contribution in [-0.2, 0) is 14.6 Å². The molecule has 0 aromatic heterocycles. The van der Waals surface area contributed by atoms with E-state index in [1.807, 2.05) is 0 Å². The molecule has 1 aromatic rings. The second-order valence-corrected chi connectivity index (χ2v) is 7.08. The first kappa shape index (κ1) is 15.3. The highest BCUT2D eigenvalue weighted by Gasteiger charge is 2.28. The van der Waals surface area contributed by atoms with Crippen molar-refractivity contribution in [3.63, 3.8) is 0 Å². The number of carbonyl (C=O) groups is 2. The Bertz CT molecular complexity index is 656. The van der Waals surface area contributed by atoms with Crippen LogP contribution in [0.5, 0.6) is 5.75 Å². The SMILES string of the molecule is NC(=O)c1cccc(OCC(=O)N[C@H]2CCS(=O)(=O)C2)c1. The van der Waals surface area contributed by atoms with Crippen LogP contribution in [0, 0.1) is 0 Å². The molecule has 0 bridgehead atoms. The number of sulfone groups is 1. The Balaban J connectivity index is 1.84. The van der Waals surface area contributed by atoms with Gasteiger partial charge in [0.2, 0.25) is 5.91 Å². The molecule has 0 aliphatic carbocycles. The predicted octanol–water partition coefficient (Wildman–Crippen LogP) is -0.532. The summed E-state index contributed by atoms with van der Waals surface area (Å²) < 4.78 is 27.8. The van der Waals surface area contributed by atoms with Gasteiger partial charge in [-0.1, -0.05) is 6.07 Å². The first-order valence-corrected chi connectivity index (χ1v) is 8.20. The fourth-order valence-corrected chi connectivity index (χ4v) is 3.74. The summed E-state index contributed by atoms with van der Waals surface area (Å²) in [6.07, 6.45) is 0.422. The molecule has 2 amide bonds. The summed E-state index contributed by atoms with van der Waals surface area (Å²) in [6.45, 7) is -0.251. The summed E-state index contributed by atoms with van der Waals surface area (Å²) in [4.78, 5) is 22.7. The molecule has 0 saturated carbocycles. The van der Waals surface area contributed by atoms with E-state index < -0.39 is 21.7 Å². The lowest BCUT2D eigenvalue weighted by Crippen LogP contribution is -2.38. The van der Waals surface area contributed by atoms with E-state index in [1.54, 1.807) is 18.2 Å². The van der Waals surface area contributed by atoms with E-state index >= 15 is 0 Å². The van der Waals surface area contributed by atoms with Crippen molar-refractivity contribution >= 4 is 21.7 Å². The monoisotopic (exact) mass is 312 g/mol. The number of carbonyl (C=O) groups excluding carboxylic acids is 2. The third kappa shape index (κ3) is 4.45. The number of benzene rings is 1. The average Bonchev–Trinajstić information content (AvgIpc) is 2.76. The van der Waals surface area contributed by atoms with Crippen LogP contribution < -0.4 is 15.8 Å². The molecule has 1 aliphatic heterocycles. The lowest BCUT2D eigenvalue weighted by molar-refractivity contribution is -0.123. The maximum Gasteiger partial charge on any atom is 0.258 e. The van der Waals surface area contributed by atoms with Gasteiger partial charge in [-0.2, -0.15) is 0 Å². The molecule has 114 valence electrons. The lowest BCUT2D eigenvalue weighted by Gasteiger charge is -2.11. The van der Waals surface area contributed by atoms with Crippen molar-refractivity contribution in [3.05, 3.63) is 29.8 Å². The van der Waals surface area contributed by atoms with E-state index in [0.717, 1.165) is 0 Å². The maximum atomic E-state index is 11.7. The molecule has 3 N–H and O–H groups in total. The first-order valence-electron chi connectivity index (χ1n) is 6.38. The second kappa shape index (κ2) is 6.13. The summed E-state index contributed by atoms with van der Waals surface area (Å²) in [6, 6.07) is 5.81. The summed E-state index contributed by atoms with van der Waals surface area (Å²) in [5, 5.41) is 2.61. The van der Waals surface area contributed by atoms with Crippen molar-refractivity contribution in [1.29, 1.82) is 0 Å². The number of primary amides is 1. The quantitative estimate of drug-likeness (QED) is 0.758. The molecule has 1 aliphatic rings. The Kier molecular flexibility index (Phi) is 4.46. The van der Waals surface area contributed by atoms with Crippen LogP contribution >= 0.6 is 0 Å². The number of hydrogen-bond acceptors (Lipinski definition) is 5. The van der Waals surface area contributed by atoms with Crippen molar-refractivity contribution in [2.45, 2.75) is 12.5 Å². The minimum Gasteiger partial charge on any atom is -0.484 e. The first-order chi connectivity index (χ1) is 9.85. The number of amides is 2. The average molecular weight is 312 g/mol. The number of nitrogens with one attached hydrogen (secondary N) is 1. The van der Waals surface area contributed by atoms with Gasteiger partial charge in [0, 0.05) is 11.6 Å². The molecule has 1 atom stereocenters. The molecule has 0 radical (unpaired) electrons. The highest BCUT2D eigenvalue weighted by Crippen LogP contribution is 2.13. The Morgan fingerprint density at radius 2 is 2.14 bits per heavy atom. The zero-order valence-electron chi connectivity index (χ0n) is 11.2. The third-order valence-electron chi connectivity index (χ3n) is 3.09. The van der Waals surface area contributed by atoms with E-state index in [4.69, 9.17) is 10.5 Å². The fourth-order valence-electron chi connectivity index (χ4n) is 2.07. The van der Waals surface area contributed by atoms with Crippen molar-refractivity contribution < 1.29 is 22.7 Å². The Labute approximate surface area is 122 Å². The highest BCUT2D eigenvalue weighted by atomic mass is 32.2. The standard InChI is InChI=1S/C13H16N2O5S/c14-13(17)9-2-1-3-11(6-9)20-7-12(16)15-10-4-5-21(18,19)8-10/h1-3,6,10H,4-5,7-8H2,(H2,14,17)(H,15,16)/t10-/m0/s1. The highest BCUT2D eigenvalue weighted by molar-refractivity contribution is 7.91. The minimum atomic E-state index is -3.03. The molecular formula is C13H16N2O5S. The summed E-state index contributed by atoms with van der Waals surface area (Å²) in [7, 11) is -3.03. The van der Waals surface area contributed by atoms with E-state index in [-0.39, 0.29) is 29.7 Å².